The van der Waals surface area contributed by atoms with Crippen LogP contribution in [0, 0.1) is 6.92 Å². The van der Waals surface area contributed by atoms with Crippen LogP contribution in [0.25, 0.3) is 0 Å². The van der Waals surface area contributed by atoms with E-state index >= 15 is 0 Å². The van der Waals surface area contributed by atoms with Crippen LogP contribution in [-0.4, -0.2) is 15.5 Å². The fourth-order valence-electron chi connectivity index (χ4n) is 1.76. The molecule has 0 atom stereocenters. The molecule has 0 spiro atoms. The molecule has 1 heterocycles. The molecule has 88 valence electrons. The summed E-state index contributed by atoms with van der Waals surface area (Å²) in [5, 5.41) is 0. The molecule has 17 heavy (non-hydrogen) atoms. The van der Waals surface area contributed by atoms with E-state index in [1.165, 1.54) is 6.33 Å². The summed E-state index contributed by atoms with van der Waals surface area (Å²) >= 11 is 0. The second-order valence-corrected chi connectivity index (χ2v) is 3.90. The molecule has 2 aromatic rings. The quantitative estimate of drug-likeness (QED) is 0.822. The predicted molar refractivity (Wildman–Crippen MR) is 65.4 cm³/mol. The van der Waals surface area contributed by atoms with Crippen LogP contribution in [0.4, 0.5) is 5.82 Å². The summed E-state index contributed by atoms with van der Waals surface area (Å²) in [4.78, 5) is 15.2. The van der Waals surface area contributed by atoms with Crippen molar-refractivity contribution in [3.63, 3.8) is 0 Å². The van der Waals surface area contributed by atoms with E-state index in [0.29, 0.717) is 6.54 Å². The third kappa shape index (κ3) is 2.13. The van der Waals surface area contributed by atoms with Gasteiger partial charge in [0.05, 0.1) is 6.33 Å². The van der Waals surface area contributed by atoms with Gasteiger partial charge in [-0.2, -0.15) is 0 Å². The minimum Gasteiger partial charge on any atom is -0.382 e. The van der Waals surface area contributed by atoms with Crippen LogP contribution in [0.2, 0.25) is 0 Å². The number of nitrogen functional groups attached to an aromatic ring is 1. The minimum absolute atomic E-state index is 0.172. The van der Waals surface area contributed by atoms with Gasteiger partial charge in [0.15, 0.2) is 11.5 Å². The number of carbonyl (C=O) groups excluding carboxylic acids is 1. The third-order valence-corrected chi connectivity index (χ3v) is 2.70. The molecule has 0 saturated carbocycles. The number of benzene rings is 1. The molecule has 0 aliphatic rings. The second kappa shape index (κ2) is 4.29. The van der Waals surface area contributed by atoms with Crippen molar-refractivity contribution in [1.29, 1.82) is 0 Å². The summed E-state index contributed by atoms with van der Waals surface area (Å²) in [7, 11) is 0. The first-order valence-electron chi connectivity index (χ1n) is 5.24. The van der Waals surface area contributed by atoms with Crippen LogP contribution in [0.3, 0.4) is 0 Å². The van der Waals surface area contributed by atoms with E-state index in [9.17, 15) is 4.79 Å². The highest BCUT2D eigenvalue weighted by atomic mass is 16.1. The normalized spacial score (nSPS) is 10.4. The summed E-state index contributed by atoms with van der Waals surface area (Å²) in [6, 6.07) is 7.93. The molecular weight excluding hydrogens is 216 g/mol. The van der Waals surface area contributed by atoms with Gasteiger partial charge < -0.3 is 16.0 Å². The molecular formula is C12H14N4O. The van der Waals surface area contributed by atoms with E-state index in [0.717, 1.165) is 11.1 Å². The van der Waals surface area contributed by atoms with Crippen molar-refractivity contribution >= 4 is 11.7 Å². The molecule has 0 bridgehead atoms. The average Bonchev–Trinajstić information content (AvgIpc) is 2.63. The maximum Gasteiger partial charge on any atom is 0.269 e. The molecule has 0 aliphatic carbocycles. The number of amides is 1. The largest absolute Gasteiger partial charge is 0.382 e. The molecule has 0 radical (unpaired) electrons. The summed E-state index contributed by atoms with van der Waals surface area (Å²) in [5.74, 6) is -0.389. The molecule has 0 unspecified atom stereocenters. The number of imidazole rings is 1. The first kappa shape index (κ1) is 11.2. The lowest BCUT2D eigenvalue weighted by molar-refractivity contribution is 0.0993. The number of hydrogen-bond donors (Lipinski definition) is 2. The van der Waals surface area contributed by atoms with Gasteiger partial charge in [0, 0.05) is 6.54 Å². The zero-order chi connectivity index (χ0) is 12.4. The Labute approximate surface area is 99.1 Å². The van der Waals surface area contributed by atoms with Crippen molar-refractivity contribution in [3.05, 3.63) is 47.4 Å². The summed E-state index contributed by atoms with van der Waals surface area (Å²) in [5.41, 5.74) is 13.4. The molecule has 4 N–H and O–H groups in total. The highest BCUT2D eigenvalue weighted by Crippen LogP contribution is 2.14. The number of rotatable bonds is 3. The van der Waals surface area contributed by atoms with E-state index in [1.54, 1.807) is 4.57 Å². The Bertz CT molecular complexity index is 559. The SMILES string of the molecule is Cc1ccccc1Cn1cnc(N)c1C(N)=O. The monoisotopic (exact) mass is 230 g/mol. The van der Waals surface area contributed by atoms with Gasteiger partial charge in [-0.15, -0.1) is 0 Å². The van der Waals surface area contributed by atoms with E-state index in [2.05, 4.69) is 4.98 Å². The average molecular weight is 230 g/mol. The van der Waals surface area contributed by atoms with E-state index in [1.807, 2.05) is 31.2 Å². The molecule has 5 heteroatoms. The number of aromatic nitrogens is 2. The lowest BCUT2D eigenvalue weighted by Crippen LogP contribution is -2.18. The lowest BCUT2D eigenvalue weighted by atomic mass is 10.1. The van der Waals surface area contributed by atoms with Crippen LogP contribution < -0.4 is 11.5 Å². The van der Waals surface area contributed by atoms with Gasteiger partial charge in [-0.3, -0.25) is 4.79 Å². The second-order valence-electron chi connectivity index (χ2n) is 3.90. The number of anilines is 1. The van der Waals surface area contributed by atoms with Crippen molar-refractivity contribution in [1.82, 2.24) is 9.55 Å². The Morgan fingerprint density at radius 3 is 2.76 bits per heavy atom. The first-order valence-corrected chi connectivity index (χ1v) is 5.24. The standard InChI is InChI=1S/C12H14N4O/c1-8-4-2-3-5-9(8)6-16-7-15-11(13)10(16)12(14)17/h2-5,7H,6,13H2,1H3,(H2,14,17). The molecule has 1 aromatic heterocycles. The zero-order valence-electron chi connectivity index (χ0n) is 9.55. The highest BCUT2D eigenvalue weighted by Gasteiger charge is 2.14. The van der Waals surface area contributed by atoms with Crippen molar-refractivity contribution in [3.8, 4) is 0 Å². The third-order valence-electron chi connectivity index (χ3n) is 2.70. The fourth-order valence-corrected chi connectivity index (χ4v) is 1.76. The van der Waals surface area contributed by atoms with E-state index < -0.39 is 5.91 Å². The van der Waals surface area contributed by atoms with E-state index in [-0.39, 0.29) is 11.5 Å². The van der Waals surface area contributed by atoms with Crippen LogP contribution >= 0.6 is 0 Å². The fraction of sp³-hybridized carbons (Fsp3) is 0.167. The first-order chi connectivity index (χ1) is 8.09. The Balaban J connectivity index is 2.37. The van der Waals surface area contributed by atoms with Crippen molar-refractivity contribution in [2.24, 2.45) is 5.73 Å². The Kier molecular flexibility index (Phi) is 2.82. The Morgan fingerprint density at radius 1 is 1.41 bits per heavy atom. The van der Waals surface area contributed by atoms with Gasteiger partial charge in [0.2, 0.25) is 0 Å². The number of primary amides is 1. The van der Waals surface area contributed by atoms with Gasteiger partial charge in [0.1, 0.15) is 0 Å². The predicted octanol–water partition coefficient (Wildman–Crippen LogP) is 0.921. The van der Waals surface area contributed by atoms with Gasteiger partial charge in [0.25, 0.3) is 5.91 Å². The van der Waals surface area contributed by atoms with Crippen molar-refractivity contribution in [2.45, 2.75) is 13.5 Å². The van der Waals surface area contributed by atoms with Crippen LogP contribution in [0.1, 0.15) is 21.6 Å². The lowest BCUT2D eigenvalue weighted by Gasteiger charge is -2.08. The van der Waals surface area contributed by atoms with E-state index in [4.69, 9.17) is 11.5 Å². The van der Waals surface area contributed by atoms with Crippen molar-refractivity contribution < 1.29 is 4.79 Å². The van der Waals surface area contributed by atoms with Gasteiger partial charge in [-0.05, 0) is 18.1 Å². The van der Waals surface area contributed by atoms with Crippen LogP contribution in [0.5, 0.6) is 0 Å². The molecule has 1 amide bonds. The van der Waals surface area contributed by atoms with Gasteiger partial charge in [-0.25, -0.2) is 4.98 Å². The van der Waals surface area contributed by atoms with Crippen LogP contribution in [0.15, 0.2) is 30.6 Å². The number of aryl methyl sites for hydroxylation is 1. The number of carbonyl (C=O) groups is 1. The number of nitrogens with zero attached hydrogens (tertiary/aromatic N) is 2. The molecule has 0 aliphatic heterocycles. The molecule has 5 nitrogen and oxygen atoms in total. The number of nitrogens with two attached hydrogens (primary N) is 2. The molecule has 0 saturated heterocycles. The number of hydrogen-bond acceptors (Lipinski definition) is 3. The van der Waals surface area contributed by atoms with Crippen molar-refractivity contribution in [2.75, 3.05) is 5.73 Å². The van der Waals surface area contributed by atoms with Gasteiger partial charge >= 0.3 is 0 Å². The maximum atomic E-state index is 11.3. The Morgan fingerprint density at radius 2 is 2.12 bits per heavy atom. The highest BCUT2D eigenvalue weighted by molar-refractivity contribution is 5.95. The smallest absolute Gasteiger partial charge is 0.269 e. The topological polar surface area (TPSA) is 86.9 Å². The zero-order valence-corrected chi connectivity index (χ0v) is 9.55. The molecule has 1 aromatic carbocycles. The minimum atomic E-state index is -0.561. The Hall–Kier alpha value is -2.30. The molecule has 2 rings (SSSR count). The van der Waals surface area contributed by atoms with Gasteiger partial charge in [-0.1, -0.05) is 24.3 Å². The van der Waals surface area contributed by atoms with Crippen LogP contribution in [-0.2, 0) is 6.54 Å². The summed E-state index contributed by atoms with van der Waals surface area (Å²) in [6.45, 7) is 2.55. The maximum absolute atomic E-state index is 11.3. The molecule has 0 fully saturated rings. The summed E-state index contributed by atoms with van der Waals surface area (Å²) < 4.78 is 1.67. The summed E-state index contributed by atoms with van der Waals surface area (Å²) in [6.07, 6.45) is 1.53.